The topological polar surface area (TPSA) is 50.2 Å². The van der Waals surface area contributed by atoms with Crippen LogP contribution in [0.1, 0.15) is 38.6 Å². The number of nitrogens with one attached hydrogen (secondary N) is 1. The van der Waals surface area contributed by atoms with Crippen LogP contribution >= 0.6 is 0 Å². The molecule has 2 heterocycles. The van der Waals surface area contributed by atoms with E-state index in [-0.39, 0.29) is 11.9 Å². The fourth-order valence-corrected chi connectivity index (χ4v) is 2.82. The van der Waals surface area contributed by atoms with Crippen molar-refractivity contribution in [3.63, 3.8) is 0 Å². The third-order valence-electron chi connectivity index (χ3n) is 4.13. The van der Waals surface area contributed by atoms with E-state index < -0.39 is 0 Å². The van der Waals surface area contributed by atoms with Gasteiger partial charge in [-0.3, -0.25) is 9.48 Å². The Hall–Kier alpha value is -1.36. The minimum atomic E-state index is -0.197. The summed E-state index contributed by atoms with van der Waals surface area (Å²) in [5, 5.41) is 7.67. The first-order valence-electron chi connectivity index (χ1n) is 7.28. The van der Waals surface area contributed by atoms with E-state index in [2.05, 4.69) is 15.3 Å². The second-order valence-corrected chi connectivity index (χ2v) is 5.68. The fourth-order valence-electron chi connectivity index (χ4n) is 2.82. The van der Waals surface area contributed by atoms with Gasteiger partial charge in [0.2, 0.25) is 5.91 Å². The molecule has 2 atom stereocenters. The van der Waals surface area contributed by atoms with Gasteiger partial charge in [0.1, 0.15) is 6.04 Å². The number of carbonyl (C=O) groups is 1. The highest BCUT2D eigenvalue weighted by Crippen LogP contribution is 2.29. The summed E-state index contributed by atoms with van der Waals surface area (Å²) in [6.45, 7) is 3.88. The van der Waals surface area contributed by atoms with Crippen LogP contribution in [0.2, 0.25) is 0 Å². The molecule has 1 aromatic heterocycles. The van der Waals surface area contributed by atoms with Crippen molar-refractivity contribution in [1.29, 1.82) is 0 Å². The molecule has 1 N–H and O–H groups in total. The molecular formula is C14H22N4O. The molecule has 3 rings (SSSR count). The molecule has 0 bridgehead atoms. The highest BCUT2D eigenvalue weighted by molar-refractivity contribution is 5.80. The highest BCUT2D eigenvalue weighted by Gasteiger charge is 2.36. The van der Waals surface area contributed by atoms with Crippen LogP contribution < -0.4 is 5.32 Å². The lowest BCUT2D eigenvalue weighted by Gasteiger charge is -2.28. The lowest BCUT2D eigenvalue weighted by molar-refractivity contribution is -0.135. The molecule has 1 aliphatic heterocycles. The Morgan fingerprint density at radius 1 is 1.53 bits per heavy atom. The van der Waals surface area contributed by atoms with Gasteiger partial charge in [-0.25, -0.2) is 0 Å². The summed E-state index contributed by atoms with van der Waals surface area (Å²) >= 11 is 0. The van der Waals surface area contributed by atoms with Crippen LogP contribution in [0.15, 0.2) is 18.5 Å². The van der Waals surface area contributed by atoms with Gasteiger partial charge in [-0.05, 0) is 45.2 Å². The number of carbonyl (C=O) groups excluding carboxylic acids is 1. The van der Waals surface area contributed by atoms with Crippen molar-refractivity contribution in [2.45, 2.75) is 50.7 Å². The van der Waals surface area contributed by atoms with Gasteiger partial charge in [-0.2, -0.15) is 5.10 Å². The zero-order chi connectivity index (χ0) is 13.2. The summed E-state index contributed by atoms with van der Waals surface area (Å²) in [5.41, 5.74) is 0. The third-order valence-corrected chi connectivity index (χ3v) is 4.13. The number of rotatable bonds is 5. The first kappa shape index (κ1) is 12.7. The van der Waals surface area contributed by atoms with Crippen molar-refractivity contribution in [2.75, 3.05) is 13.1 Å². The van der Waals surface area contributed by atoms with Gasteiger partial charge < -0.3 is 10.2 Å². The largest absolute Gasteiger partial charge is 0.336 e. The molecule has 1 aliphatic carbocycles. The summed E-state index contributed by atoms with van der Waals surface area (Å²) in [6.07, 6.45) is 8.32. The lowest BCUT2D eigenvalue weighted by Crippen LogP contribution is -2.45. The molecule has 5 nitrogen and oxygen atoms in total. The molecule has 1 amide bonds. The van der Waals surface area contributed by atoms with Crippen LogP contribution in [0.3, 0.4) is 0 Å². The van der Waals surface area contributed by atoms with Crippen LogP contribution in [0.4, 0.5) is 0 Å². The summed E-state index contributed by atoms with van der Waals surface area (Å²) in [5.74, 6) is 0.208. The maximum absolute atomic E-state index is 12.6. The predicted molar refractivity (Wildman–Crippen MR) is 72.7 cm³/mol. The molecule has 19 heavy (non-hydrogen) atoms. The van der Waals surface area contributed by atoms with Crippen LogP contribution in [0.5, 0.6) is 0 Å². The van der Waals surface area contributed by atoms with E-state index in [0.717, 1.165) is 25.9 Å². The number of aromatic nitrogens is 2. The van der Waals surface area contributed by atoms with Crippen LogP contribution in [-0.4, -0.2) is 45.8 Å². The molecule has 2 fully saturated rings. The zero-order valence-corrected chi connectivity index (χ0v) is 11.5. The second-order valence-electron chi connectivity index (χ2n) is 5.68. The van der Waals surface area contributed by atoms with E-state index in [1.807, 2.05) is 19.2 Å². The Balaban J connectivity index is 1.67. The van der Waals surface area contributed by atoms with Crippen molar-refractivity contribution in [3.05, 3.63) is 18.5 Å². The molecule has 5 heteroatoms. The second kappa shape index (κ2) is 5.33. The Kier molecular flexibility index (Phi) is 3.55. The number of hydrogen-bond donors (Lipinski definition) is 1. The zero-order valence-electron chi connectivity index (χ0n) is 11.5. The molecule has 0 aromatic carbocycles. The van der Waals surface area contributed by atoms with Crippen LogP contribution in [0.25, 0.3) is 0 Å². The third kappa shape index (κ3) is 2.81. The summed E-state index contributed by atoms with van der Waals surface area (Å²) < 4.78 is 1.75. The number of nitrogens with zero attached hydrogens (tertiary/aromatic N) is 3. The molecule has 2 aliphatic rings. The van der Waals surface area contributed by atoms with Gasteiger partial charge in [0.25, 0.3) is 0 Å². The van der Waals surface area contributed by atoms with Gasteiger partial charge in [-0.15, -0.1) is 0 Å². The van der Waals surface area contributed by atoms with Crippen molar-refractivity contribution in [2.24, 2.45) is 0 Å². The van der Waals surface area contributed by atoms with E-state index in [0.29, 0.717) is 12.1 Å². The van der Waals surface area contributed by atoms with E-state index in [1.54, 1.807) is 10.9 Å². The van der Waals surface area contributed by atoms with E-state index >= 15 is 0 Å². The monoisotopic (exact) mass is 262 g/mol. The Morgan fingerprint density at radius 3 is 2.95 bits per heavy atom. The Labute approximate surface area is 114 Å². The molecule has 104 valence electrons. The van der Waals surface area contributed by atoms with Crippen molar-refractivity contribution >= 4 is 5.91 Å². The minimum Gasteiger partial charge on any atom is -0.336 e. The molecule has 1 saturated heterocycles. The first-order chi connectivity index (χ1) is 9.25. The summed E-state index contributed by atoms with van der Waals surface area (Å²) in [7, 11) is 0. The quantitative estimate of drug-likeness (QED) is 0.867. The first-order valence-corrected chi connectivity index (χ1v) is 7.28. The van der Waals surface area contributed by atoms with Crippen molar-refractivity contribution < 1.29 is 4.79 Å². The normalized spacial score (nSPS) is 24.4. The fraction of sp³-hybridized carbons (Fsp3) is 0.714. The summed E-state index contributed by atoms with van der Waals surface area (Å²) in [4.78, 5) is 14.7. The Bertz CT molecular complexity index is 421. The maximum Gasteiger partial charge on any atom is 0.247 e. The number of amides is 1. The molecule has 1 saturated carbocycles. The SMILES string of the molecule is CC(C(=O)N(CC1CCCN1)C1CC1)n1cccn1. The van der Waals surface area contributed by atoms with E-state index in [9.17, 15) is 4.79 Å². The average Bonchev–Trinajstić information content (AvgIpc) is 2.94. The number of hydrogen-bond acceptors (Lipinski definition) is 3. The molecular weight excluding hydrogens is 240 g/mol. The predicted octanol–water partition coefficient (Wildman–Crippen LogP) is 1.19. The summed E-state index contributed by atoms with van der Waals surface area (Å²) in [6, 6.07) is 2.61. The maximum atomic E-state index is 12.6. The van der Waals surface area contributed by atoms with Gasteiger partial charge in [-0.1, -0.05) is 0 Å². The molecule has 1 aromatic rings. The Morgan fingerprint density at radius 2 is 2.37 bits per heavy atom. The van der Waals surface area contributed by atoms with E-state index in [4.69, 9.17) is 0 Å². The average molecular weight is 262 g/mol. The standard InChI is InChI=1S/C14H22N4O/c1-11(18-9-3-8-16-18)14(19)17(13-5-6-13)10-12-4-2-7-15-12/h3,8-9,11-13,15H,2,4-7,10H2,1H3. The van der Waals surface area contributed by atoms with Gasteiger partial charge in [0.15, 0.2) is 0 Å². The molecule has 0 radical (unpaired) electrons. The van der Waals surface area contributed by atoms with Crippen molar-refractivity contribution in [1.82, 2.24) is 20.0 Å². The molecule has 0 spiro atoms. The van der Waals surface area contributed by atoms with Crippen molar-refractivity contribution in [3.8, 4) is 0 Å². The van der Waals surface area contributed by atoms with E-state index in [1.165, 1.54) is 12.8 Å². The lowest BCUT2D eigenvalue weighted by atomic mass is 10.2. The molecule has 2 unspecified atom stereocenters. The van der Waals surface area contributed by atoms with Crippen LogP contribution in [0, 0.1) is 0 Å². The smallest absolute Gasteiger partial charge is 0.247 e. The minimum absolute atomic E-state index is 0.197. The van der Waals surface area contributed by atoms with Gasteiger partial charge in [0, 0.05) is 31.0 Å². The van der Waals surface area contributed by atoms with Crippen LogP contribution in [-0.2, 0) is 4.79 Å². The van der Waals surface area contributed by atoms with Gasteiger partial charge >= 0.3 is 0 Å². The highest BCUT2D eigenvalue weighted by atomic mass is 16.2. The van der Waals surface area contributed by atoms with Gasteiger partial charge in [0.05, 0.1) is 0 Å².